The highest BCUT2D eigenvalue weighted by atomic mass is 14.1. The third-order valence-corrected chi connectivity index (χ3v) is 2.90. The van der Waals surface area contributed by atoms with Crippen molar-refractivity contribution in [2.24, 2.45) is 5.92 Å². The van der Waals surface area contributed by atoms with E-state index < -0.39 is 0 Å². The van der Waals surface area contributed by atoms with Crippen LogP contribution in [0.4, 0.5) is 0 Å². The molecule has 0 saturated heterocycles. The van der Waals surface area contributed by atoms with Crippen LogP contribution < -0.4 is 0 Å². The Morgan fingerprint density at radius 3 is 2.29 bits per heavy atom. The van der Waals surface area contributed by atoms with E-state index in [1.165, 1.54) is 16.6 Å². The zero-order valence-electron chi connectivity index (χ0n) is 10.4. The normalized spacial score (nSPS) is 15.4. The first-order chi connectivity index (χ1) is 6.56. The molecule has 0 aromatic rings. The average molecular weight is 190 g/mol. The Morgan fingerprint density at radius 1 is 1.36 bits per heavy atom. The molecule has 1 atom stereocenters. The molecule has 0 aliphatic rings. The van der Waals surface area contributed by atoms with E-state index in [0.29, 0.717) is 5.92 Å². The smallest absolute Gasteiger partial charge is 0.0993 e. The van der Waals surface area contributed by atoms with Crippen LogP contribution in [-0.4, -0.2) is 7.85 Å². The molecule has 0 bridgehead atoms. The van der Waals surface area contributed by atoms with Gasteiger partial charge in [-0.05, 0) is 25.7 Å². The highest BCUT2D eigenvalue weighted by molar-refractivity contribution is 6.23. The number of hydrogen-bond donors (Lipinski definition) is 0. The van der Waals surface area contributed by atoms with Gasteiger partial charge in [-0.3, -0.25) is 0 Å². The van der Waals surface area contributed by atoms with Crippen LogP contribution in [0.25, 0.3) is 0 Å². The molecule has 0 aromatic heterocycles. The minimum atomic E-state index is 0.528. The van der Waals surface area contributed by atoms with Crippen LogP contribution in [0, 0.1) is 5.92 Å². The van der Waals surface area contributed by atoms with Crippen molar-refractivity contribution in [3.63, 3.8) is 0 Å². The van der Waals surface area contributed by atoms with Crippen LogP contribution in [0.5, 0.6) is 0 Å². The minimum absolute atomic E-state index is 0.528. The van der Waals surface area contributed by atoms with Crippen molar-refractivity contribution in [1.82, 2.24) is 0 Å². The minimum Gasteiger partial charge on any atom is -0.0993 e. The third-order valence-electron chi connectivity index (χ3n) is 2.90. The van der Waals surface area contributed by atoms with Gasteiger partial charge in [0.15, 0.2) is 0 Å². The number of hydrogen-bond acceptors (Lipinski definition) is 0. The summed E-state index contributed by atoms with van der Waals surface area (Å²) in [6.45, 7) is 12.8. The topological polar surface area (TPSA) is 0 Å². The van der Waals surface area contributed by atoms with E-state index in [9.17, 15) is 0 Å². The highest BCUT2D eigenvalue weighted by Crippen LogP contribution is 2.24. The second-order valence-corrected chi connectivity index (χ2v) is 3.84. The van der Waals surface area contributed by atoms with Crippen molar-refractivity contribution in [2.75, 3.05) is 0 Å². The van der Waals surface area contributed by atoms with Crippen molar-refractivity contribution in [3.8, 4) is 0 Å². The molecule has 78 valence electrons. The maximum absolute atomic E-state index is 4.11. The van der Waals surface area contributed by atoms with Crippen molar-refractivity contribution in [2.45, 2.75) is 40.5 Å². The highest BCUT2D eigenvalue weighted by Gasteiger charge is 2.08. The van der Waals surface area contributed by atoms with E-state index in [-0.39, 0.29) is 0 Å². The van der Waals surface area contributed by atoms with E-state index in [1.807, 2.05) is 0 Å². The molecule has 0 rings (SSSR count). The maximum atomic E-state index is 4.11. The Labute approximate surface area is 90.2 Å². The third kappa shape index (κ3) is 4.00. The summed E-state index contributed by atoms with van der Waals surface area (Å²) in [5.74, 6) is 0.528. The van der Waals surface area contributed by atoms with Gasteiger partial charge in [0.25, 0.3) is 0 Å². The zero-order valence-corrected chi connectivity index (χ0v) is 10.4. The summed E-state index contributed by atoms with van der Waals surface area (Å²) in [5.41, 5.74) is 4.17. The van der Waals surface area contributed by atoms with Crippen LogP contribution in [0.15, 0.2) is 35.3 Å². The molecule has 14 heavy (non-hydrogen) atoms. The predicted molar refractivity (Wildman–Crippen MR) is 69.3 cm³/mol. The molecule has 0 nitrogen and oxygen atoms in total. The van der Waals surface area contributed by atoms with Gasteiger partial charge in [0.1, 0.15) is 7.85 Å². The molecular weight excluding hydrogens is 167 g/mol. The van der Waals surface area contributed by atoms with Gasteiger partial charge in [0.2, 0.25) is 0 Å². The molecule has 0 saturated carbocycles. The Kier molecular flexibility index (Phi) is 6.35. The molecule has 0 aliphatic heterocycles. The lowest BCUT2D eigenvalue weighted by atomic mass is 9.85. The molecule has 0 spiro atoms. The number of rotatable bonds is 5. The predicted octanol–water partition coefficient (Wildman–Crippen LogP) is 3.46. The Morgan fingerprint density at radius 2 is 1.93 bits per heavy atom. The van der Waals surface area contributed by atoms with Gasteiger partial charge in [-0.1, -0.05) is 56.1 Å². The second kappa shape index (κ2) is 6.70. The first-order valence-electron chi connectivity index (χ1n) is 5.57. The second-order valence-electron chi connectivity index (χ2n) is 3.84. The van der Waals surface area contributed by atoms with Crippen molar-refractivity contribution in [1.29, 1.82) is 0 Å². The fourth-order valence-electron chi connectivity index (χ4n) is 1.48. The van der Waals surface area contributed by atoms with Crippen molar-refractivity contribution in [3.05, 3.63) is 35.3 Å². The summed E-state index contributed by atoms with van der Waals surface area (Å²) >= 11 is 0. The molecule has 0 amide bonds. The zero-order chi connectivity index (χ0) is 11.1. The standard InChI is InChI=1S/C13H23B/c1-6-10(4)11(5)12(7-2)9-13(14)8-3/h8-9,11H,4,6-7,14H2,1-3,5H3/b12-9+,13-8+. The largest absolute Gasteiger partial charge is 0.138 e. The monoisotopic (exact) mass is 190 g/mol. The summed E-state index contributed by atoms with van der Waals surface area (Å²) in [6.07, 6.45) is 6.64. The van der Waals surface area contributed by atoms with Gasteiger partial charge in [0, 0.05) is 0 Å². The number of allylic oxidation sites excluding steroid dienone is 5. The SMILES string of the molecule is BC(=C/C)/C=C(\CC)C(C)C(=C)CC. The summed E-state index contributed by atoms with van der Waals surface area (Å²) in [4.78, 5) is 0. The van der Waals surface area contributed by atoms with Crippen LogP contribution in [0.1, 0.15) is 40.5 Å². The van der Waals surface area contributed by atoms with Gasteiger partial charge in [-0.2, -0.15) is 0 Å². The van der Waals surface area contributed by atoms with Crippen LogP contribution in [-0.2, 0) is 0 Å². The van der Waals surface area contributed by atoms with Gasteiger partial charge in [-0.15, -0.1) is 0 Å². The molecule has 0 radical (unpaired) electrons. The fourth-order valence-corrected chi connectivity index (χ4v) is 1.48. The lowest BCUT2D eigenvalue weighted by molar-refractivity contribution is 0.732. The average Bonchev–Trinajstić information content (AvgIpc) is 2.23. The first-order valence-corrected chi connectivity index (χ1v) is 5.57. The van der Waals surface area contributed by atoms with E-state index in [4.69, 9.17) is 0 Å². The molecule has 0 aromatic carbocycles. The summed E-state index contributed by atoms with van der Waals surface area (Å²) in [5, 5.41) is 0. The lowest BCUT2D eigenvalue weighted by Gasteiger charge is -2.16. The van der Waals surface area contributed by atoms with E-state index in [1.54, 1.807) is 0 Å². The van der Waals surface area contributed by atoms with E-state index in [0.717, 1.165) is 12.8 Å². The Hall–Kier alpha value is -0.715. The Balaban J connectivity index is 4.72. The van der Waals surface area contributed by atoms with Gasteiger partial charge >= 0.3 is 0 Å². The van der Waals surface area contributed by atoms with Crippen LogP contribution in [0.2, 0.25) is 0 Å². The molecule has 1 heteroatoms. The molecule has 0 heterocycles. The van der Waals surface area contributed by atoms with E-state index >= 15 is 0 Å². The molecule has 0 N–H and O–H groups in total. The lowest BCUT2D eigenvalue weighted by Crippen LogP contribution is -2.02. The fraction of sp³-hybridized carbons (Fsp3) is 0.538. The molecule has 0 aliphatic carbocycles. The van der Waals surface area contributed by atoms with Crippen molar-refractivity contribution < 1.29 is 0 Å². The van der Waals surface area contributed by atoms with Crippen LogP contribution >= 0.6 is 0 Å². The van der Waals surface area contributed by atoms with Gasteiger partial charge in [0.05, 0.1) is 0 Å². The molecule has 1 unspecified atom stereocenters. The maximum Gasteiger partial charge on any atom is 0.138 e. The summed E-state index contributed by atoms with van der Waals surface area (Å²) in [6, 6.07) is 0. The van der Waals surface area contributed by atoms with Crippen LogP contribution in [0.3, 0.4) is 0 Å². The quantitative estimate of drug-likeness (QED) is 0.353. The first kappa shape index (κ1) is 13.3. The summed E-state index contributed by atoms with van der Waals surface area (Å²) in [7, 11) is 2.15. The van der Waals surface area contributed by atoms with Gasteiger partial charge in [-0.25, -0.2) is 0 Å². The molecular formula is C13H23B. The Bertz CT molecular complexity index is 246. The summed E-state index contributed by atoms with van der Waals surface area (Å²) < 4.78 is 0. The van der Waals surface area contributed by atoms with Crippen molar-refractivity contribution >= 4 is 7.85 Å². The van der Waals surface area contributed by atoms with Gasteiger partial charge < -0.3 is 0 Å². The molecule has 0 fully saturated rings. The van der Waals surface area contributed by atoms with E-state index in [2.05, 4.69) is 54.3 Å².